The number of carbonyl (C=O) groups is 1. The van der Waals surface area contributed by atoms with Crippen LogP contribution in [-0.2, 0) is 0 Å². The van der Waals surface area contributed by atoms with E-state index in [9.17, 15) is 14.7 Å². The lowest BCUT2D eigenvalue weighted by Crippen LogP contribution is -2.24. The molecule has 1 amide bonds. The number of nitrogens with one attached hydrogen (secondary N) is 2. The van der Waals surface area contributed by atoms with Gasteiger partial charge in [-0.25, -0.2) is 10.2 Å². The number of aromatic nitrogens is 2. The summed E-state index contributed by atoms with van der Waals surface area (Å²) in [5.41, 5.74) is 2.52. The number of aromatic amines is 1. The van der Waals surface area contributed by atoms with Gasteiger partial charge in [0.05, 0.1) is 26.8 Å². The molecule has 132 valence electrons. The van der Waals surface area contributed by atoms with Crippen LogP contribution in [0.15, 0.2) is 45.6 Å². The van der Waals surface area contributed by atoms with Gasteiger partial charge >= 0.3 is 5.69 Å². The van der Waals surface area contributed by atoms with Crippen LogP contribution in [0.2, 0.25) is 10.0 Å². The van der Waals surface area contributed by atoms with Gasteiger partial charge in [0.1, 0.15) is 5.69 Å². The first-order valence-electron chi connectivity index (χ1n) is 7.10. The Labute approximate surface area is 160 Å². The van der Waals surface area contributed by atoms with Crippen molar-refractivity contribution in [3.05, 3.63) is 67.5 Å². The van der Waals surface area contributed by atoms with Gasteiger partial charge in [-0.15, -0.1) is 11.3 Å². The number of aromatic hydroxyl groups is 1. The van der Waals surface area contributed by atoms with Gasteiger partial charge in [0.2, 0.25) is 0 Å². The van der Waals surface area contributed by atoms with Crippen LogP contribution < -0.4 is 11.1 Å². The molecule has 26 heavy (non-hydrogen) atoms. The Bertz CT molecular complexity index is 1020. The summed E-state index contributed by atoms with van der Waals surface area (Å²) in [6.45, 7) is 0. The molecule has 0 spiro atoms. The molecular weight excluding hydrogens is 399 g/mol. The highest BCUT2D eigenvalue weighted by molar-refractivity contribution is 7.13. The van der Waals surface area contributed by atoms with Gasteiger partial charge in [-0.1, -0.05) is 29.3 Å². The molecule has 10 heteroatoms. The number of halogens is 2. The van der Waals surface area contributed by atoms with E-state index in [1.165, 1.54) is 35.8 Å². The Kier molecular flexibility index (Phi) is 5.36. The summed E-state index contributed by atoms with van der Waals surface area (Å²) in [5, 5.41) is 15.3. The highest BCUT2D eigenvalue weighted by Crippen LogP contribution is 2.32. The third kappa shape index (κ3) is 4.10. The maximum absolute atomic E-state index is 12.2. The van der Waals surface area contributed by atoms with E-state index in [2.05, 4.69) is 20.5 Å². The van der Waals surface area contributed by atoms with Crippen LogP contribution in [0.4, 0.5) is 0 Å². The SMILES string of the molecule is O=C(N/N=C/c1cc(Cl)c(O)c(Cl)c1)c1cc(-c2cccs2)[nH]c(=O)n1. The number of hydrazone groups is 1. The molecule has 0 aliphatic carbocycles. The highest BCUT2D eigenvalue weighted by Gasteiger charge is 2.11. The van der Waals surface area contributed by atoms with E-state index >= 15 is 0 Å². The van der Waals surface area contributed by atoms with Crippen molar-refractivity contribution in [2.75, 3.05) is 0 Å². The molecule has 7 nitrogen and oxygen atoms in total. The molecular formula is C16H10Cl2N4O3S. The summed E-state index contributed by atoms with van der Waals surface area (Å²) in [4.78, 5) is 30.9. The Morgan fingerprint density at radius 3 is 2.69 bits per heavy atom. The van der Waals surface area contributed by atoms with Crippen LogP contribution >= 0.6 is 34.5 Å². The fraction of sp³-hybridized carbons (Fsp3) is 0. The molecule has 0 unspecified atom stereocenters. The monoisotopic (exact) mass is 408 g/mol. The molecule has 0 radical (unpaired) electrons. The van der Waals surface area contributed by atoms with Crippen LogP contribution in [-0.4, -0.2) is 27.2 Å². The van der Waals surface area contributed by atoms with Crippen molar-refractivity contribution >= 4 is 46.7 Å². The molecule has 2 heterocycles. The molecule has 0 fully saturated rings. The third-order valence-corrected chi connectivity index (χ3v) is 4.66. The van der Waals surface area contributed by atoms with Crippen molar-refractivity contribution in [1.82, 2.24) is 15.4 Å². The second-order valence-corrected chi connectivity index (χ2v) is 6.76. The first kappa shape index (κ1) is 18.1. The summed E-state index contributed by atoms with van der Waals surface area (Å²) >= 11 is 13.0. The van der Waals surface area contributed by atoms with Gasteiger partial charge in [-0.2, -0.15) is 10.1 Å². The molecule has 0 bridgehead atoms. The standard InChI is InChI=1S/C16H10Cl2N4O3S/c17-9-4-8(5-10(18)14(9)23)7-19-22-15(24)12-6-11(20-16(25)21-12)13-2-1-3-26-13/h1-7,23H,(H,22,24)(H,20,21,25)/b19-7+. The lowest BCUT2D eigenvalue weighted by Gasteiger charge is -2.03. The van der Waals surface area contributed by atoms with Gasteiger partial charge in [-0.3, -0.25) is 4.79 Å². The molecule has 3 N–H and O–H groups in total. The normalized spacial score (nSPS) is 11.0. The highest BCUT2D eigenvalue weighted by atomic mass is 35.5. The molecule has 2 aromatic heterocycles. The molecule has 0 saturated carbocycles. The smallest absolute Gasteiger partial charge is 0.346 e. The number of benzene rings is 1. The quantitative estimate of drug-likeness (QED) is 0.454. The Morgan fingerprint density at radius 2 is 2.04 bits per heavy atom. The van der Waals surface area contributed by atoms with Crippen LogP contribution in [0.5, 0.6) is 5.75 Å². The molecule has 0 aliphatic rings. The summed E-state index contributed by atoms with van der Waals surface area (Å²) in [5.74, 6) is -0.885. The Morgan fingerprint density at radius 1 is 1.31 bits per heavy atom. The van der Waals surface area contributed by atoms with Crippen LogP contribution in [0, 0.1) is 0 Å². The fourth-order valence-corrected chi connectivity index (χ4v) is 3.22. The van der Waals surface area contributed by atoms with Crippen molar-refractivity contribution in [3.8, 4) is 16.3 Å². The minimum atomic E-state index is -0.652. The third-order valence-electron chi connectivity index (χ3n) is 3.18. The number of phenolic OH excluding ortho intramolecular Hbond substituents is 1. The first-order valence-corrected chi connectivity index (χ1v) is 8.74. The zero-order valence-corrected chi connectivity index (χ0v) is 15.2. The number of carbonyl (C=O) groups excluding carboxylic acids is 1. The van der Waals surface area contributed by atoms with Gasteiger partial charge in [0.15, 0.2) is 5.75 Å². The molecule has 0 saturated heterocycles. The zero-order chi connectivity index (χ0) is 18.7. The van der Waals surface area contributed by atoms with Crippen LogP contribution in [0.1, 0.15) is 16.1 Å². The van der Waals surface area contributed by atoms with Gasteiger partial charge in [0.25, 0.3) is 5.91 Å². The second-order valence-electron chi connectivity index (χ2n) is 4.99. The van der Waals surface area contributed by atoms with E-state index in [0.29, 0.717) is 11.3 Å². The number of hydrogen-bond donors (Lipinski definition) is 3. The van der Waals surface area contributed by atoms with E-state index < -0.39 is 11.6 Å². The van der Waals surface area contributed by atoms with E-state index in [-0.39, 0.29) is 21.5 Å². The Balaban J connectivity index is 1.77. The Hall–Kier alpha value is -2.68. The molecule has 0 atom stereocenters. The number of nitrogens with zero attached hydrogens (tertiary/aromatic N) is 2. The van der Waals surface area contributed by atoms with Crippen LogP contribution in [0.3, 0.4) is 0 Å². The van der Waals surface area contributed by atoms with Crippen molar-refractivity contribution in [2.24, 2.45) is 5.10 Å². The fourth-order valence-electron chi connectivity index (χ4n) is 2.02. The molecule has 3 aromatic rings. The van der Waals surface area contributed by atoms with Gasteiger partial charge in [0, 0.05) is 0 Å². The van der Waals surface area contributed by atoms with Gasteiger partial charge in [-0.05, 0) is 35.2 Å². The predicted molar refractivity (Wildman–Crippen MR) is 101 cm³/mol. The lowest BCUT2D eigenvalue weighted by molar-refractivity contribution is 0.0949. The number of hydrogen-bond acceptors (Lipinski definition) is 6. The van der Waals surface area contributed by atoms with E-state index in [4.69, 9.17) is 23.2 Å². The first-order chi connectivity index (χ1) is 12.4. The summed E-state index contributed by atoms with van der Waals surface area (Å²) < 4.78 is 0. The average Bonchev–Trinajstić information content (AvgIpc) is 3.13. The number of H-pyrrole nitrogens is 1. The molecule has 0 aliphatic heterocycles. The number of amides is 1. The van der Waals surface area contributed by atoms with E-state index in [0.717, 1.165) is 4.88 Å². The molecule has 1 aromatic carbocycles. The van der Waals surface area contributed by atoms with Gasteiger partial charge < -0.3 is 10.1 Å². The topological polar surface area (TPSA) is 107 Å². The second kappa shape index (κ2) is 7.69. The average molecular weight is 409 g/mol. The van der Waals surface area contributed by atoms with E-state index in [1.54, 1.807) is 0 Å². The summed E-state index contributed by atoms with van der Waals surface area (Å²) in [7, 11) is 0. The zero-order valence-electron chi connectivity index (χ0n) is 12.9. The number of thiophene rings is 1. The predicted octanol–water partition coefficient (Wildman–Crippen LogP) is 3.27. The van der Waals surface area contributed by atoms with Crippen molar-refractivity contribution < 1.29 is 9.90 Å². The number of phenols is 1. The van der Waals surface area contributed by atoms with Crippen molar-refractivity contribution in [1.29, 1.82) is 0 Å². The largest absolute Gasteiger partial charge is 0.505 e. The number of rotatable bonds is 4. The minimum absolute atomic E-state index is 0.0575. The van der Waals surface area contributed by atoms with Crippen molar-refractivity contribution in [2.45, 2.75) is 0 Å². The van der Waals surface area contributed by atoms with Crippen molar-refractivity contribution in [3.63, 3.8) is 0 Å². The summed E-state index contributed by atoms with van der Waals surface area (Å²) in [6, 6.07) is 7.97. The summed E-state index contributed by atoms with van der Waals surface area (Å²) in [6.07, 6.45) is 1.29. The maximum atomic E-state index is 12.2. The van der Waals surface area contributed by atoms with E-state index in [1.807, 2.05) is 17.5 Å². The maximum Gasteiger partial charge on any atom is 0.346 e. The lowest BCUT2D eigenvalue weighted by atomic mass is 10.2. The van der Waals surface area contributed by atoms with Crippen LogP contribution in [0.25, 0.3) is 10.6 Å². The molecule has 3 rings (SSSR count). The minimum Gasteiger partial charge on any atom is -0.505 e.